The number of likely N-dealkylation sites (tertiary alicyclic amines) is 1. The molecular weight excluding hydrogens is 442 g/mol. The van der Waals surface area contributed by atoms with E-state index in [1.165, 1.54) is 48.2 Å². The second-order valence-electron chi connectivity index (χ2n) is 6.69. The van der Waals surface area contributed by atoms with Gasteiger partial charge in [-0.25, -0.2) is 0 Å². The number of hydrogen-bond donors (Lipinski definition) is 0. The van der Waals surface area contributed by atoms with E-state index in [-0.39, 0.29) is 0 Å². The van der Waals surface area contributed by atoms with Crippen molar-refractivity contribution >= 4 is 37.4 Å². The van der Waals surface area contributed by atoms with Crippen LogP contribution in [0, 0.1) is 0 Å². The highest BCUT2D eigenvalue weighted by Gasteiger charge is 2.20. The van der Waals surface area contributed by atoms with Gasteiger partial charge in [0, 0.05) is 21.1 Å². The van der Waals surface area contributed by atoms with Gasteiger partial charge in [-0.15, -0.1) is 0 Å². The average molecular weight is 463 g/mol. The van der Waals surface area contributed by atoms with E-state index in [0.29, 0.717) is 6.61 Å². The lowest BCUT2D eigenvalue weighted by molar-refractivity contribution is 0.307. The molecular formula is C21H21Br2NO. The summed E-state index contributed by atoms with van der Waals surface area (Å²) in [6.07, 6.45) is 6.14. The van der Waals surface area contributed by atoms with E-state index < -0.39 is 0 Å². The zero-order valence-electron chi connectivity index (χ0n) is 14.1. The molecule has 2 nitrogen and oxygen atoms in total. The smallest absolute Gasteiger partial charge is 0.127 e. The fourth-order valence-electron chi connectivity index (χ4n) is 3.68. The molecule has 2 aromatic rings. The number of nitrogens with zero attached hydrogens (tertiary/aromatic N) is 1. The third-order valence-electron chi connectivity index (χ3n) is 4.97. The Bertz CT molecular complexity index is 754. The molecule has 4 rings (SSSR count). The molecule has 0 bridgehead atoms. The molecule has 0 radical (unpaired) electrons. The molecule has 2 aliphatic rings. The second kappa shape index (κ2) is 7.65. The number of fused-ring (bicyclic) bond motifs is 2. The molecule has 130 valence electrons. The van der Waals surface area contributed by atoms with Gasteiger partial charge in [0.15, 0.2) is 0 Å². The topological polar surface area (TPSA) is 12.5 Å². The maximum Gasteiger partial charge on any atom is 0.127 e. The van der Waals surface area contributed by atoms with Gasteiger partial charge in [-0.2, -0.15) is 0 Å². The molecule has 0 amide bonds. The Hall–Kier alpha value is -1.10. The Morgan fingerprint density at radius 1 is 0.960 bits per heavy atom. The van der Waals surface area contributed by atoms with Crippen LogP contribution in [0.4, 0.5) is 0 Å². The minimum atomic E-state index is 0.612. The molecule has 2 aromatic carbocycles. The first-order chi connectivity index (χ1) is 12.2. The SMILES string of the molecule is Brc1ccc2c(c1)/C(=C\CCN1CCCC1)c1cc(Br)ccc1OC2. The maximum atomic E-state index is 6.09. The number of benzene rings is 2. The van der Waals surface area contributed by atoms with Crippen LogP contribution in [0.25, 0.3) is 5.57 Å². The highest BCUT2D eigenvalue weighted by atomic mass is 79.9. The zero-order valence-corrected chi connectivity index (χ0v) is 17.3. The van der Waals surface area contributed by atoms with E-state index in [0.717, 1.165) is 27.7 Å². The van der Waals surface area contributed by atoms with Crippen molar-refractivity contribution in [2.45, 2.75) is 25.9 Å². The summed E-state index contributed by atoms with van der Waals surface area (Å²) in [5.41, 5.74) is 4.97. The molecule has 25 heavy (non-hydrogen) atoms. The van der Waals surface area contributed by atoms with Crippen LogP contribution >= 0.6 is 31.9 Å². The predicted molar refractivity (Wildman–Crippen MR) is 110 cm³/mol. The second-order valence-corrected chi connectivity index (χ2v) is 8.52. The average Bonchev–Trinajstić information content (AvgIpc) is 3.07. The van der Waals surface area contributed by atoms with Gasteiger partial charge in [0.25, 0.3) is 0 Å². The standard InChI is InChI=1S/C21H21Br2NO/c22-16-6-5-15-14-25-21-8-7-17(23)13-20(21)18(19(15)12-16)4-3-11-24-9-1-2-10-24/h4-8,12-13H,1-3,9-11,14H2/b18-4+. The van der Waals surface area contributed by atoms with Crippen LogP contribution < -0.4 is 4.74 Å². The van der Waals surface area contributed by atoms with Crippen molar-refractivity contribution in [2.24, 2.45) is 0 Å². The van der Waals surface area contributed by atoms with E-state index in [2.05, 4.69) is 73.2 Å². The number of hydrogen-bond acceptors (Lipinski definition) is 2. The molecule has 1 fully saturated rings. The van der Waals surface area contributed by atoms with Crippen molar-refractivity contribution in [1.82, 2.24) is 4.90 Å². The van der Waals surface area contributed by atoms with Crippen LogP contribution in [0.1, 0.15) is 36.0 Å². The van der Waals surface area contributed by atoms with Crippen molar-refractivity contribution in [3.8, 4) is 5.75 Å². The van der Waals surface area contributed by atoms with Crippen LogP contribution in [0.5, 0.6) is 5.75 Å². The summed E-state index contributed by atoms with van der Waals surface area (Å²) in [6, 6.07) is 12.8. The normalized spacial score (nSPS) is 18.6. The summed E-state index contributed by atoms with van der Waals surface area (Å²) in [5.74, 6) is 0.961. The van der Waals surface area contributed by atoms with Gasteiger partial charge < -0.3 is 9.64 Å². The Morgan fingerprint density at radius 2 is 1.68 bits per heavy atom. The first-order valence-electron chi connectivity index (χ1n) is 8.85. The van der Waals surface area contributed by atoms with Gasteiger partial charge in [0.05, 0.1) is 0 Å². The van der Waals surface area contributed by atoms with Gasteiger partial charge in [0.2, 0.25) is 0 Å². The number of ether oxygens (including phenoxy) is 1. The first kappa shape index (κ1) is 17.3. The molecule has 0 aromatic heterocycles. The lowest BCUT2D eigenvalue weighted by atomic mass is 9.93. The van der Waals surface area contributed by atoms with Gasteiger partial charge >= 0.3 is 0 Å². The van der Waals surface area contributed by atoms with Crippen molar-refractivity contribution in [3.63, 3.8) is 0 Å². The van der Waals surface area contributed by atoms with Gasteiger partial charge in [-0.05, 0) is 79.4 Å². The lowest BCUT2D eigenvalue weighted by Gasteiger charge is -2.15. The monoisotopic (exact) mass is 461 g/mol. The summed E-state index contributed by atoms with van der Waals surface area (Å²) >= 11 is 7.25. The Balaban J connectivity index is 1.73. The van der Waals surface area contributed by atoms with Crippen LogP contribution in [0.3, 0.4) is 0 Å². The Labute approximate surface area is 166 Å². The van der Waals surface area contributed by atoms with Crippen LogP contribution in [0.15, 0.2) is 51.4 Å². The molecule has 0 saturated carbocycles. The molecule has 0 atom stereocenters. The quantitative estimate of drug-likeness (QED) is 0.552. The summed E-state index contributed by atoms with van der Waals surface area (Å²) < 4.78 is 8.28. The Morgan fingerprint density at radius 3 is 2.48 bits per heavy atom. The molecule has 4 heteroatoms. The van der Waals surface area contributed by atoms with E-state index in [9.17, 15) is 0 Å². The lowest BCUT2D eigenvalue weighted by Crippen LogP contribution is -2.19. The van der Waals surface area contributed by atoms with Crippen LogP contribution in [-0.4, -0.2) is 24.5 Å². The van der Waals surface area contributed by atoms with E-state index in [1.54, 1.807) is 0 Å². The van der Waals surface area contributed by atoms with Crippen molar-refractivity contribution in [3.05, 3.63) is 68.1 Å². The molecule has 0 N–H and O–H groups in total. The highest BCUT2D eigenvalue weighted by Crippen LogP contribution is 2.39. The third-order valence-corrected chi connectivity index (χ3v) is 5.96. The summed E-state index contributed by atoms with van der Waals surface area (Å²) in [6.45, 7) is 4.24. The minimum absolute atomic E-state index is 0.612. The maximum absolute atomic E-state index is 6.09. The Kier molecular flexibility index (Phi) is 5.30. The predicted octanol–water partition coefficient (Wildman–Crippen LogP) is 6.02. The molecule has 1 saturated heterocycles. The van der Waals surface area contributed by atoms with Gasteiger partial charge in [0.1, 0.15) is 12.4 Å². The van der Waals surface area contributed by atoms with Crippen LogP contribution in [-0.2, 0) is 6.61 Å². The first-order valence-corrected chi connectivity index (χ1v) is 10.4. The fraction of sp³-hybridized carbons (Fsp3) is 0.333. The third kappa shape index (κ3) is 3.86. The largest absolute Gasteiger partial charge is 0.488 e. The van der Waals surface area contributed by atoms with Crippen molar-refractivity contribution in [1.29, 1.82) is 0 Å². The van der Waals surface area contributed by atoms with Crippen molar-refractivity contribution in [2.75, 3.05) is 19.6 Å². The zero-order chi connectivity index (χ0) is 17.2. The summed E-state index contributed by atoms with van der Waals surface area (Å²) in [5, 5.41) is 0. The van der Waals surface area contributed by atoms with Gasteiger partial charge in [-0.1, -0.05) is 44.0 Å². The van der Waals surface area contributed by atoms with E-state index in [4.69, 9.17) is 4.74 Å². The molecule has 0 unspecified atom stereocenters. The highest BCUT2D eigenvalue weighted by molar-refractivity contribution is 9.10. The van der Waals surface area contributed by atoms with Crippen molar-refractivity contribution < 1.29 is 4.74 Å². The molecule has 2 aliphatic heterocycles. The van der Waals surface area contributed by atoms with Crippen LogP contribution in [0.2, 0.25) is 0 Å². The summed E-state index contributed by atoms with van der Waals surface area (Å²) in [4.78, 5) is 2.56. The van der Waals surface area contributed by atoms with E-state index >= 15 is 0 Å². The van der Waals surface area contributed by atoms with Gasteiger partial charge in [-0.3, -0.25) is 0 Å². The molecule has 2 heterocycles. The summed E-state index contributed by atoms with van der Waals surface area (Å²) in [7, 11) is 0. The molecule has 0 spiro atoms. The number of halogens is 2. The van der Waals surface area contributed by atoms with E-state index in [1.807, 2.05) is 6.07 Å². The number of rotatable bonds is 3. The minimum Gasteiger partial charge on any atom is -0.488 e. The molecule has 0 aliphatic carbocycles. The fourth-order valence-corrected chi connectivity index (χ4v) is 4.40.